The number of benzene rings is 2. The van der Waals surface area contributed by atoms with Crippen LogP contribution in [0.4, 0.5) is 5.82 Å². The molecule has 4 nitrogen and oxygen atoms in total. The highest BCUT2D eigenvalue weighted by Crippen LogP contribution is 2.08. The fourth-order valence-corrected chi connectivity index (χ4v) is 2.49. The summed E-state index contributed by atoms with van der Waals surface area (Å²) in [4.78, 5) is 16.5. The van der Waals surface area contributed by atoms with Crippen molar-refractivity contribution in [3.05, 3.63) is 95.7 Å². The lowest BCUT2D eigenvalue weighted by atomic mass is 10.1. The Morgan fingerprint density at radius 1 is 0.840 bits per heavy atom. The van der Waals surface area contributed by atoms with Gasteiger partial charge in [-0.25, -0.2) is 4.98 Å². The molecular weight excluding hydrogens is 310 g/mol. The van der Waals surface area contributed by atoms with Crippen LogP contribution in [0.1, 0.15) is 21.5 Å². The van der Waals surface area contributed by atoms with E-state index in [-0.39, 0.29) is 5.91 Å². The van der Waals surface area contributed by atoms with Crippen molar-refractivity contribution in [2.45, 2.75) is 13.0 Å². The number of hydrogen-bond donors (Lipinski definition) is 2. The molecule has 0 aliphatic heterocycles. The van der Waals surface area contributed by atoms with Crippen LogP contribution < -0.4 is 10.6 Å². The van der Waals surface area contributed by atoms with Crippen molar-refractivity contribution in [3.63, 3.8) is 0 Å². The number of carbonyl (C=O) groups excluding carboxylic acids is 1. The van der Waals surface area contributed by atoms with Crippen molar-refractivity contribution >= 4 is 11.7 Å². The summed E-state index contributed by atoms with van der Waals surface area (Å²) >= 11 is 0. The van der Waals surface area contributed by atoms with Crippen molar-refractivity contribution in [1.29, 1.82) is 0 Å². The molecule has 0 fully saturated rings. The lowest BCUT2D eigenvalue weighted by Gasteiger charge is -2.08. The first kappa shape index (κ1) is 16.7. The summed E-state index contributed by atoms with van der Waals surface area (Å²) in [7, 11) is 0. The molecule has 0 atom stereocenters. The van der Waals surface area contributed by atoms with Gasteiger partial charge in [0, 0.05) is 19.3 Å². The van der Waals surface area contributed by atoms with Crippen LogP contribution >= 0.6 is 0 Å². The van der Waals surface area contributed by atoms with Crippen LogP contribution in [0.25, 0.3) is 0 Å². The third-order valence-corrected chi connectivity index (χ3v) is 3.88. The van der Waals surface area contributed by atoms with E-state index in [4.69, 9.17) is 0 Å². The molecule has 3 aromatic rings. The lowest BCUT2D eigenvalue weighted by molar-refractivity contribution is 0.0954. The minimum Gasteiger partial charge on any atom is -0.366 e. The van der Waals surface area contributed by atoms with Gasteiger partial charge in [0.1, 0.15) is 5.82 Å². The molecule has 0 radical (unpaired) electrons. The van der Waals surface area contributed by atoms with Gasteiger partial charge in [0.2, 0.25) is 0 Å². The Morgan fingerprint density at radius 3 is 2.16 bits per heavy atom. The number of pyridine rings is 1. The van der Waals surface area contributed by atoms with Gasteiger partial charge in [-0.05, 0) is 29.7 Å². The molecular formula is C21H21N3O. The number of nitrogens with one attached hydrogen (secondary N) is 2. The third kappa shape index (κ3) is 5.18. The van der Waals surface area contributed by atoms with Crippen molar-refractivity contribution in [3.8, 4) is 0 Å². The van der Waals surface area contributed by atoms with Crippen molar-refractivity contribution < 1.29 is 4.79 Å². The first-order valence-electron chi connectivity index (χ1n) is 8.37. The molecule has 1 heterocycles. The molecule has 0 saturated heterocycles. The number of hydrogen-bond acceptors (Lipinski definition) is 3. The maximum atomic E-state index is 12.2. The highest BCUT2D eigenvalue weighted by molar-refractivity contribution is 5.94. The Balaban J connectivity index is 1.47. The van der Waals surface area contributed by atoms with Gasteiger partial charge in [0.05, 0.1) is 5.56 Å². The molecule has 126 valence electrons. The number of carbonyl (C=O) groups is 1. The normalized spacial score (nSPS) is 10.2. The molecule has 3 rings (SSSR count). The van der Waals surface area contributed by atoms with Gasteiger partial charge in [0.15, 0.2) is 0 Å². The van der Waals surface area contributed by atoms with E-state index in [9.17, 15) is 4.79 Å². The first-order valence-corrected chi connectivity index (χ1v) is 8.37. The van der Waals surface area contributed by atoms with Crippen LogP contribution in [0.3, 0.4) is 0 Å². The summed E-state index contributed by atoms with van der Waals surface area (Å²) in [5, 5.41) is 6.17. The van der Waals surface area contributed by atoms with Crippen LogP contribution in [0, 0.1) is 0 Å². The smallest absolute Gasteiger partial charge is 0.252 e. The van der Waals surface area contributed by atoms with E-state index in [2.05, 4.69) is 39.9 Å². The molecule has 0 aliphatic rings. The zero-order chi connectivity index (χ0) is 17.3. The summed E-state index contributed by atoms with van der Waals surface area (Å²) < 4.78 is 0. The minimum atomic E-state index is -0.0990. The quantitative estimate of drug-likeness (QED) is 0.694. The van der Waals surface area contributed by atoms with Crippen LogP contribution in [0.5, 0.6) is 0 Å². The maximum absolute atomic E-state index is 12.2. The maximum Gasteiger partial charge on any atom is 0.252 e. The predicted molar refractivity (Wildman–Crippen MR) is 100 cm³/mol. The molecule has 0 bridgehead atoms. The third-order valence-electron chi connectivity index (χ3n) is 3.88. The van der Waals surface area contributed by atoms with Crippen molar-refractivity contribution in [1.82, 2.24) is 10.3 Å². The zero-order valence-electron chi connectivity index (χ0n) is 14.0. The number of nitrogens with zero attached hydrogens (tertiary/aromatic N) is 1. The average molecular weight is 331 g/mol. The second kappa shape index (κ2) is 8.64. The van der Waals surface area contributed by atoms with E-state index in [1.54, 1.807) is 12.3 Å². The van der Waals surface area contributed by atoms with Crippen LogP contribution in [0.15, 0.2) is 79.0 Å². The van der Waals surface area contributed by atoms with Crippen LogP contribution in [-0.2, 0) is 13.0 Å². The summed E-state index contributed by atoms with van der Waals surface area (Å²) in [6, 6.07) is 23.8. The van der Waals surface area contributed by atoms with Crippen LogP contribution in [-0.4, -0.2) is 17.4 Å². The van der Waals surface area contributed by atoms with E-state index in [0.29, 0.717) is 18.7 Å². The molecule has 0 spiro atoms. The summed E-state index contributed by atoms with van der Waals surface area (Å²) in [6.45, 7) is 1.31. The topological polar surface area (TPSA) is 54.0 Å². The van der Waals surface area contributed by atoms with Gasteiger partial charge >= 0.3 is 0 Å². The molecule has 4 heteroatoms. The van der Waals surface area contributed by atoms with Gasteiger partial charge in [0.25, 0.3) is 5.91 Å². The lowest BCUT2D eigenvalue weighted by Crippen LogP contribution is -2.25. The Hall–Kier alpha value is -3.14. The second-order valence-corrected chi connectivity index (χ2v) is 5.76. The second-order valence-electron chi connectivity index (χ2n) is 5.76. The van der Waals surface area contributed by atoms with E-state index in [1.807, 2.05) is 42.5 Å². The van der Waals surface area contributed by atoms with Crippen molar-refractivity contribution in [2.75, 3.05) is 11.9 Å². The minimum absolute atomic E-state index is 0.0990. The Labute approximate surface area is 147 Å². The summed E-state index contributed by atoms with van der Waals surface area (Å²) in [5.41, 5.74) is 2.96. The largest absolute Gasteiger partial charge is 0.366 e. The van der Waals surface area contributed by atoms with E-state index >= 15 is 0 Å². The van der Waals surface area contributed by atoms with Gasteiger partial charge in [-0.2, -0.15) is 0 Å². The molecule has 1 amide bonds. The molecule has 0 aliphatic carbocycles. The number of rotatable bonds is 7. The highest BCUT2D eigenvalue weighted by Gasteiger charge is 2.05. The fourth-order valence-electron chi connectivity index (χ4n) is 2.49. The van der Waals surface area contributed by atoms with Crippen molar-refractivity contribution in [2.24, 2.45) is 0 Å². The predicted octanol–water partition coefficient (Wildman–Crippen LogP) is 3.67. The summed E-state index contributed by atoms with van der Waals surface area (Å²) in [5.74, 6) is 0.655. The Morgan fingerprint density at radius 2 is 1.52 bits per heavy atom. The number of aromatic nitrogens is 1. The highest BCUT2D eigenvalue weighted by atomic mass is 16.1. The zero-order valence-corrected chi connectivity index (χ0v) is 14.0. The van der Waals surface area contributed by atoms with E-state index < -0.39 is 0 Å². The standard InChI is InChI=1S/C21H21N3O/c25-21(22-14-13-17-7-3-1-4-8-17)19-11-12-20(24-16-19)23-15-18-9-5-2-6-10-18/h1-12,16H,13-15H2,(H,22,25)(H,23,24). The molecule has 2 N–H and O–H groups in total. The number of amides is 1. The monoisotopic (exact) mass is 331 g/mol. The molecule has 25 heavy (non-hydrogen) atoms. The Kier molecular flexibility index (Phi) is 5.77. The molecule has 2 aromatic carbocycles. The summed E-state index contributed by atoms with van der Waals surface area (Å²) in [6.07, 6.45) is 2.42. The van der Waals surface area contributed by atoms with E-state index in [1.165, 1.54) is 11.1 Å². The fraction of sp³-hybridized carbons (Fsp3) is 0.143. The van der Waals surface area contributed by atoms with Gasteiger partial charge in [-0.15, -0.1) is 0 Å². The Bertz CT molecular complexity index is 786. The molecule has 0 saturated carbocycles. The van der Waals surface area contributed by atoms with Gasteiger partial charge in [-0.1, -0.05) is 60.7 Å². The van der Waals surface area contributed by atoms with E-state index in [0.717, 1.165) is 12.2 Å². The first-order chi connectivity index (χ1) is 12.3. The average Bonchev–Trinajstić information content (AvgIpc) is 2.68. The SMILES string of the molecule is O=C(NCCc1ccccc1)c1ccc(NCc2ccccc2)nc1. The molecule has 0 unspecified atom stereocenters. The van der Waals surface area contributed by atoms with Crippen LogP contribution in [0.2, 0.25) is 0 Å². The molecule has 1 aromatic heterocycles. The number of anilines is 1. The van der Waals surface area contributed by atoms with Gasteiger partial charge in [-0.3, -0.25) is 4.79 Å². The van der Waals surface area contributed by atoms with Gasteiger partial charge < -0.3 is 10.6 Å².